The maximum absolute atomic E-state index is 12.7. The highest BCUT2D eigenvalue weighted by Crippen LogP contribution is 2.30. The number of hydrogen-bond acceptors (Lipinski definition) is 2. The minimum absolute atomic E-state index is 0.0829. The zero-order chi connectivity index (χ0) is 17.2. The number of carbonyl (C=O) groups excluding carboxylic acids is 1. The average molecular weight is 329 g/mol. The van der Waals surface area contributed by atoms with Crippen molar-refractivity contribution in [3.8, 4) is 0 Å². The van der Waals surface area contributed by atoms with E-state index >= 15 is 0 Å². The summed E-state index contributed by atoms with van der Waals surface area (Å²) in [6.07, 6.45) is 2.05. The van der Waals surface area contributed by atoms with Crippen molar-refractivity contribution in [2.75, 3.05) is 7.05 Å². The van der Waals surface area contributed by atoms with Crippen LogP contribution < -0.4 is 0 Å². The molecule has 3 nitrogen and oxygen atoms in total. The van der Waals surface area contributed by atoms with Gasteiger partial charge in [-0.25, -0.2) is 0 Å². The van der Waals surface area contributed by atoms with E-state index in [9.17, 15) is 4.79 Å². The summed E-state index contributed by atoms with van der Waals surface area (Å²) in [5.74, 6) is 0.0829. The highest BCUT2D eigenvalue weighted by Gasteiger charge is 2.16. The normalized spacial score (nSPS) is 11.1. The molecule has 3 aromatic carbocycles. The summed E-state index contributed by atoms with van der Waals surface area (Å²) in [7, 11) is 1.84. The molecule has 4 aromatic rings. The molecule has 0 saturated heterocycles. The molecular formula is C22H19NO2. The molecule has 0 aliphatic rings. The van der Waals surface area contributed by atoms with E-state index in [0.717, 1.165) is 32.9 Å². The second-order valence-electron chi connectivity index (χ2n) is 6.33. The van der Waals surface area contributed by atoms with Crippen molar-refractivity contribution in [1.29, 1.82) is 0 Å². The van der Waals surface area contributed by atoms with Gasteiger partial charge in [-0.15, -0.1) is 0 Å². The molecule has 1 heterocycles. The van der Waals surface area contributed by atoms with Crippen molar-refractivity contribution >= 4 is 27.6 Å². The Morgan fingerprint density at radius 3 is 2.56 bits per heavy atom. The van der Waals surface area contributed by atoms with Crippen molar-refractivity contribution in [3.05, 3.63) is 84.1 Å². The van der Waals surface area contributed by atoms with Gasteiger partial charge in [0, 0.05) is 24.5 Å². The summed E-state index contributed by atoms with van der Waals surface area (Å²) in [5.41, 5.74) is 2.89. The number of furan rings is 1. The Bertz CT molecular complexity index is 1030. The third-order valence-electron chi connectivity index (χ3n) is 4.57. The van der Waals surface area contributed by atoms with Crippen LogP contribution in [0.4, 0.5) is 0 Å². The zero-order valence-corrected chi connectivity index (χ0v) is 14.1. The van der Waals surface area contributed by atoms with Crippen LogP contribution in [-0.2, 0) is 17.8 Å². The number of hydrogen-bond donors (Lipinski definition) is 0. The third kappa shape index (κ3) is 3.01. The van der Waals surface area contributed by atoms with E-state index in [0.29, 0.717) is 13.0 Å². The first-order valence-electron chi connectivity index (χ1n) is 8.38. The highest BCUT2D eigenvalue weighted by atomic mass is 16.3. The van der Waals surface area contributed by atoms with Crippen molar-refractivity contribution in [2.24, 2.45) is 0 Å². The number of benzene rings is 3. The van der Waals surface area contributed by atoms with Gasteiger partial charge in [0.2, 0.25) is 5.91 Å². The molecule has 124 valence electrons. The van der Waals surface area contributed by atoms with Gasteiger partial charge < -0.3 is 9.32 Å². The van der Waals surface area contributed by atoms with E-state index in [-0.39, 0.29) is 5.91 Å². The number of carbonyl (C=O) groups is 1. The molecule has 25 heavy (non-hydrogen) atoms. The Hall–Kier alpha value is -3.07. The van der Waals surface area contributed by atoms with Gasteiger partial charge in [-0.3, -0.25) is 4.79 Å². The number of amides is 1. The molecule has 0 aliphatic heterocycles. The number of fused-ring (bicyclic) bond motifs is 3. The Labute approximate surface area is 146 Å². The van der Waals surface area contributed by atoms with Crippen LogP contribution >= 0.6 is 0 Å². The molecule has 0 unspecified atom stereocenters. The first-order valence-corrected chi connectivity index (χ1v) is 8.38. The van der Waals surface area contributed by atoms with E-state index < -0.39 is 0 Å². The van der Waals surface area contributed by atoms with E-state index in [2.05, 4.69) is 12.1 Å². The fourth-order valence-electron chi connectivity index (χ4n) is 3.25. The first kappa shape index (κ1) is 15.5. The van der Waals surface area contributed by atoms with Crippen LogP contribution in [0.25, 0.3) is 21.7 Å². The van der Waals surface area contributed by atoms with Crippen LogP contribution in [0.5, 0.6) is 0 Å². The minimum atomic E-state index is 0.0829. The second kappa shape index (κ2) is 6.44. The molecule has 0 spiro atoms. The number of nitrogens with zero attached hydrogens (tertiary/aromatic N) is 1. The lowest BCUT2D eigenvalue weighted by molar-refractivity contribution is -0.129. The summed E-state index contributed by atoms with van der Waals surface area (Å²) in [4.78, 5) is 14.4. The van der Waals surface area contributed by atoms with Crippen LogP contribution in [0.2, 0.25) is 0 Å². The van der Waals surface area contributed by atoms with Gasteiger partial charge in [0.1, 0.15) is 5.58 Å². The molecule has 0 bridgehead atoms. The van der Waals surface area contributed by atoms with Gasteiger partial charge in [0.15, 0.2) is 0 Å². The maximum Gasteiger partial charge on any atom is 0.227 e. The Morgan fingerprint density at radius 1 is 0.960 bits per heavy atom. The monoisotopic (exact) mass is 329 g/mol. The molecule has 0 fully saturated rings. The van der Waals surface area contributed by atoms with E-state index in [4.69, 9.17) is 4.42 Å². The smallest absolute Gasteiger partial charge is 0.227 e. The molecule has 0 radical (unpaired) electrons. The average Bonchev–Trinajstić information content (AvgIpc) is 3.06. The summed E-state index contributed by atoms with van der Waals surface area (Å²) >= 11 is 0. The van der Waals surface area contributed by atoms with Crippen molar-refractivity contribution in [2.45, 2.75) is 13.0 Å². The summed E-state index contributed by atoms with van der Waals surface area (Å²) < 4.78 is 5.69. The lowest BCUT2D eigenvalue weighted by Gasteiger charge is -2.17. The Morgan fingerprint density at radius 2 is 1.72 bits per heavy atom. The molecule has 0 atom stereocenters. The predicted octanol–water partition coefficient (Wildman–Crippen LogP) is 4.79. The molecule has 0 N–H and O–H groups in total. The third-order valence-corrected chi connectivity index (χ3v) is 4.57. The van der Waals surface area contributed by atoms with Crippen LogP contribution in [0.3, 0.4) is 0 Å². The largest absolute Gasteiger partial charge is 0.464 e. The van der Waals surface area contributed by atoms with Crippen molar-refractivity contribution < 1.29 is 9.21 Å². The molecule has 0 saturated carbocycles. The van der Waals surface area contributed by atoms with Crippen molar-refractivity contribution in [3.63, 3.8) is 0 Å². The molecular weight excluding hydrogens is 310 g/mol. The number of likely N-dealkylation sites (N-methyl/N-ethyl adjacent to an activating group) is 1. The standard InChI is InChI=1S/C22H19NO2/c1-23(14-16-7-3-2-4-8-16)21(24)13-18-15-25-20-12-11-17-9-5-6-10-19(17)22(18)20/h2-12,15H,13-14H2,1H3. The van der Waals surface area contributed by atoms with Gasteiger partial charge in [-0.05, 0) is 22.4 Å². The molecule has 1 amide bonds. The fourth-order valence-corrected chi connectivity index (χ4v) is 3.25. The zero-order valence-electron chi connectivity index (χ0n) is 14.1. The van der Waals surface area contributed by atoms with Crippen LogP contribution in [-0.4, -0.2) is 17.9 Å². The van der Waals surface area contributed by atoms with Gasteiger partial charge in [-0.2, -0.15) is 0 Å². The Kier molecular flexibility index (Phi) is 3.98. The SMILES string of the molecule is CN(Cc1ccccc1)C(=O)Cc1coc2ccc3ccccc3c12. The molecule has 1 aromatic heterocycles. The summed E-state index contributed by atoms with van der Waals surface area (Å²) in [6, 6.07) is 22.2. The first-order chi connectivity index (χ1) is 12.2. The molecule has 4 rings (SSSR count). The Balaban J connectivity index is 1.62. The topological polar surface area (TPSA) is 33.5 Å². The van der Waals surface area contributed by atoms with Gasteiger partial charge in [-0.1, -0.05) is 60.7 Å². The lowest BCUT2D eigenvalue weighted by atomic mass is 10.0. The highest BCUT2D eigenvalue weighted by molar-refractivity contribution is 6.08. The quantitative estimate of drug-likeness (QED) is 0.539. The fraction of sp³-hybridized carbons (Fsp3) is 0.136. The van der Waals surface area contributed by atoms with E-state index in [1.54, 1.807) is 11.2 Å². The number of rotatable bonds is 4. The summed E-state index contributed by atoms with van der Waals surface area (Å²) in [5, 5.41) is 3.32. The minimum Gasteiger partial charge on any atom is -0.464 e. The van der Waals surface area contributed by atoms with Crippen LogP contribution in [0.15, 0.2) is 77.4 Å². The van der Waals surface area contributed by atoms with E-state index in [1.807, 2.05) is 61.6 Å². The molecule has 3 heteroatoms. The van der Waals surface area contributed by atoms with Gasteiger partial charge in [0.05, 0.1) is 12.7 Å². The predicted molar refractivity (Wildman–Crippen MR) is 100 cm³/mol. The van der Waals surface area contributed by atoms with E-state index in [1.165, 1.54) is 0 Å². The van der Waals surface area contributed by atoms with Crippen molar-refractivity contribution in [1.82, 2.24) is 4.90 Å². The lowest BCUT2D eigenvalue weighted by Crippen LogP contribution is -2.27. The summed E-state index contributed by atoms with van der Waals surface area (Å²) in [6.45, 7) is 0.607. The van der Waals surface area contributed by atoms with Gasteiger partial charge >= 0.3 is 0 Å². The maximum atomic E-state index is 12.7. The van der Waals surface area contributed by atoms with Crippen LogP contribution in [0.1, 0.15) is 11.1 Å². The van der Waals surface area contributed by atoms with Crippen LogP contribution in [0, 0.1) is 0 Å². The van der Waals surface area contributed by atoms with Gasteiger partial charge in [0.25, 0.3) is 0 Å². The second-order valence-corrected chi connectivity index (χ2v) is 6.33. The molecule has 0 aliphatic carbocycles.